The second kappa shape index (κ2) is 13.4. The maximum atomic E-state index is 11.4. The fourth-order valence-electron chi connectivity index (χ4n) is 4.32. The monoisotopic (exact) mass is 503 g/mol. The van der Waals surface area contributed by atoms with E-state index < -0.39 is 0 Å². The highest BCUT2D eigenvalue weighted by molar-refractivity contribution is 7.11. The number of unbranched alkanes of at least 4 members (excludes halogenated alkanes) is 1. The van der Waals surface area contributed by atoms with E-state index in [4.69, 9.17) is 14.5 Å². The van der Waals surface area contributed by atoms with Crippen LogP contribution < -0.4 is 4.74 Å². The molecule has 196 valence electrons. The van der Waals surface area contributed by atoms with Crippen molar-refractivity contribution in [3.05, 3.63) is 45.4 Å². The number of esters is 1. The normalized spacial score (nSPS) is 13.0. The molecule has 0 amide bonds. The number of rotatable bonds is 14. The third-order valence-corrected chi connectivity index (χ3v) is 8.14. The van der Waals surface area contributed by atoms with Crippen molar-refractivity contribution in [1.82, 2.24) is 4.98 Å². The smallest absolute Gasteiger partial charge is 0.305 e. The predicted octanol–water partition coefficient (Wildman–Crippen LogP) is 7.01. The summed E-state index contributed by atoms with van der Waals surface area (Å²) in [7, 11) is 0. The van der Waals surface area contributed by atoms with Gasteiger partial charge in [-0.2, -0.15) is 0 Å². The molecule has 2 aromatic rings. The lowest BCUT2D eigenvalue weighted by Crippen LogP contribution is -2.27. The van der Waals surface area contributed by atoms with Gasteiger partial charge in [0.25, 0.3) is 0 Å². The number of benzene rings is 1. The topological polar surface area (TPSA) is 68.7 Å². The van der Waals surface area contributed by atoms with Gasteiger partial charge in [0.05, 0.1) is 25.0 Å². The molecule has 0 bridgehead atoms. The van der Waals surface area contributed by atoms with Gasteiger partial charge in [0.15, 0.2) is 0 Å². The minimum Gasteiger partial charge on any atom is -0.494 e. The second-order valence-electron chi connectivity index (χ2n) is 10.4. The van der Waals surface area contributed by atoms with E-state index in [1.165, 1.54) is 10.4 Å². The van der Waals surface area contributed by atoms with Gasteiger partial charge in [-0.1, -0.05) is 46.8 Å². The lowest BCUT2D eigenvalue weighted by atomic mass is 9.76. The lowest BCUT2D eigenvalue weighted by molar-refractivity contribution is -0.143. The minimum absolute atomic E-state index is 0.117. The summed E-state index contributed by atoms with van der Waals surface area (Å²) in [5.74, 6) is 0.705. The van der Waals surface area contributed by atoms with Gasteiger partial charge in [0.2, 0.25) is 0 Å². The Morgan fingerprint density at radius 2 is 1.74 bits per heavy atom. The van der Waals surface area contributed by atoms with Crippen molar-refractivity contribution in [2.75, 3.05) is 13.2 Å². The standard InChI is InChI=1S/C29H45NO4S/c1-8-29(9-2,27-30-24(21(4)35-27)18-19-25(31)28(5,6)7)22-14-16-23(17-15-22)34-20-12-11-13-26(32)33-10-3/h14-17,25,31H,8-13,18-20H2,1-7H3. The summed E-state index contributed by atoms with van der Waals surface area (Å²) in [5.41, 5.74) is 2.12. The van der Waals surface area contributed by atoms with Gasteiger partial charge >= 0.3 is 5.97 Å². The van der Waals surface area contributed by atoms with Crippen LogP contribution in [-0.2, 0) is 21.4 Å². The molecule has 5 nitrogen and oxygen atoms in total. The summed E-state index contributed by atoms with van der Waals surface area (Å²) in [4.78, 5) is 17.8. The molecule has 0 radical (unpaired) electrons. The third kappa shape index (κ3) is 8.04. The van der Waals surface area contributed by atoms with E-state index in [0.717, 1.165) is 55.0 Å². The molecule has 1 heterocycles. The average molecular weight is 504 g/mol. The first kappa shape index (κ1) is 29.3. The number of aliphatic hydroxyl groups excluding tert-OH is 1. The number of nitrogens with zero attached hydrogens (tertiary/aromatic N) is 1. The molecule has 0 aliphatic heterocycles. The van der Waals surface area contributed by atoms with Crippen molar-refractivity contribution in [3.63, 3.8) is 0 Å². The number of carbonyl (C=O) groups excluding carboxylic acids is 1. The molecule has 0 saturated carbocycles. The van der Waals surface area contributed by atoms with Gasteiger partial charge in [-0.05, 0) is 75.5 Å². The molecule has 35 heavy (non-hydrogen) atoms. The number of aromatic nitrogens is 1. The van der Waals surface area contributed by atoms with Gasteiger partial charge in [-0.15, -0.1) is 11.3 Å². The molecular weight excluding hydrogens is 458 g/mol. The molecule has 1 aromatic heterocycles. The number of ether oxygens (including phenoxy) is 2. The largest absolute Gasteiger partial charge is 0.494 e. The summed E-state index contributed by atoms with van der Waals surface area (Å²) in [6.07, 6.45) is 5.15. The van der Waals surface area contributed by atoms with Crippen LogP contribution in [0.1, 0.15) is 101 Å². The fourth-order valence-corrected chi connectivity index (χ4v) is 5.63. The van der Waals surface area contributed by atoms with Crippen molar-refractivity contribution in [1.29, 1.82) is 0 Å². The van der Waals surface area contributed by atoms with E-state index in [1.807, 2.05) is 19.1 Å². The molecule has 6 heteroatoms. The maximum absolute atomic E-state index is 11.4. The molecule has 2 rings (SSSR count). The van der Waals surface area contributed by atoms with Gasteiger partial charge in [-0.3, -0.25) is 4.79 Å². The zero-order valence-corrected chi connectivity index (χ0v) is 23.6. The van der Waals surface area contributed by atoms with Crippen LogP contribution in [0.5, 0.6) is 5.75 Å². The van der Waals surface area contributed by atoms with Crippen molar-refractivity contribution in [2.45, 2.75) is 105 Å². The van der Waals surface area contributed by atoms with Crippen LogP contribution in [0.15, 0.2) is 24.3 Å². The van der Waals surface area contributed by atoms with Crippen LogP contribution >= 0.6 is 11.3 Å². The summed E-state index contributed by atoms with van der Waals surface area (Å²) in [6.45, 7) is 15.7. The zero-order valence-electron chi connectivity index (χ0n) is 22.8. The Hall–Kier alpha value is -1.92. The maximum Gasteiger partial charge on any atom is 0.305 e. The van der Waals surface area contributed by atoms with E-state index in [1.54, 1.807) is 11.3 Å². The lowest BCUT2D eigenvalue weighted by Gasteiger charge is -2.30. The Bertz CT molecular complexity index is 910. The first-order chi connectivity index (χ1) is 16.6. The zero-order chi connectivity index (χ0) is 26.1. The SMILES string of the molecule is CCOC(=O)CCCCOc1ccc(C(CC)(CC)c2nc(CCC(O)C(C)(C)C)c(C)s2)cc1. The van der Waals surface area contributed by atoms with E-state index in [0.29, 0.717) is 19.6 Å². The summed E-state index contributed by atoms with van der Waals surface area (Å²) in [6, 6.07) is 8.42. The Labute approximate surface area is 216 Å². The third-order valence-electron chi connectivity index (χ3n) is 6.92. The van der Waals surface area contributed by atoms with E-state index >= 15 is 0 Å². The molecular formula is C29H45NO4S. The fraction of sp³-hybridized carbons (Fsp3) is 0.655. The molecule has 0 saturated heterocycles. The number of thiazole rings is 1. The minimum atomic E-state index is -0.341. The van der Waals surface area contributed by atoms with Crippen LogP contribution in [0.4, 0.5) is 0 Å². The van der Waals surface area contributed by atoms with Gasteiger partial charge in [0, 0.05) is 16.7 Å². The Kier molecular flexibility index (Phi) is 11.2. The molecule has 0 spiro atoms. The van der Waals surface area contributed by atoms with Gasteiger partial charge in [0.1, 0.15) is 10.8 Å². The van der Waals surface area contributed by atoms with Crippen LogP contribution in [0, 0.1) is 12.3 Å². The van der Waals surface area contributed by atoms with E-state index in [-0.39, 0.29) is 22.9 Å². The predicted molar refractivity (Wildman–Crippen MR) is 144 cm³/mol. The molecule has 0 fully saturated rings. The summed E-state index contributed by atoms with van der Waals surface area (Å²) < 4.78 is 10.9. The van der Waals surface area contributed by atoms with Crippen LogP contribution in [-0.4, -0.2) is 35.4 Å². The highest BCUT2D eigenvalue weighted by atomic mass is 32.1. The molecule has 1 atom stereocenters. The van der Waals surface area contributed by atoms with Crippen molar-refractivity contribution in [2.24, 2.45) is 5.41 Å². The number of carbonyl (C=O) groups is 1. The summed E-state index contributed by atoms with van der Waals surface area (Å²) in [5, 5.41) is 11.6. The quantitative estimate of drug-likeness (QED) is 0.222. The average Bonchev–Trinajstić information content (AvgIpc) is 3.19. The number of hydrogen-bond donors (Lipinski definition) is 1. The van der Waals surface area contributed by atoms with Gasteiger partial charge in [-0.25, -0.2) is 4.98 Å². The number of aryl methyl sites for hydroxylation is 2. The van der Waals surface area contributed by atoms with Crippen molar-refractivity contribution in [3.8, 4) is 5.75 Å². The molecule has 0 aliphatic carbocycles. The molecule has 1 N–H and O–H groups in total. The first-order valence-corrected chi connectivity index (χ1v) is 13.9. The Balaban J connectivity index is 2.06. The molecule has 1 aromatic carbocycles. The molecule has 0 aliphatic rings. The van der Waals surface area contributed by atoms with Crippen molar-refractivity contribution >= 4 is 17.3 Å². The van der Waals surface area contributed by atoms with Crippen LogP contribution in [0.2, 0.25) is 0 Å². The Morgan fingerprint density at radius 3 is 2.31 bits per heavy atom. The summed E-state index contributed by atoms with van der Waals surface area (Å²) >= 11 is 1.79. The van der Waals surface area contributed by atoms with E-state index in [2.05, 4.69) is 53.7 Å². The number of hydrogen-bond acceptors (Lipinski definition) is 6. The first-order valence-electron chi connectivity index (χ1n) is 13.1. The van der Waals surface area contributed by atoms with Crippen LogP contribution in [0.25, 0.3) is 0 Å². The van der Waals surface area contributed by atoms with E-state index in [9.17, 15) is 9.90 Å². The Morgan fingerprint density at radius 1 is 1.09 bits per heavy atom. The number of aliphatic hydroxyl groups is 1. The van der Waals surface area contributed by atoms with Crippen LogP contribution in [0.3, 0.4) is 0 Å². The van der Waals surface area contributed by atoms with Crippen molar-refractivity contribution < 1.29 is 19.4 Å². The highest BCUT2D eigenvalue weighted by Crippen LogP contribution is 2.42. The highest BCUT2D eigenvalue weighted by Gasteiger charge is 2.34. The second-order valence-corrected chi connectivity index (χ2v) is 11.6. The van der Waals surface area contributed by atoms with Gasteiger partial charge < -0.3 is 14.6 Å². The molecule has 1 unspecified atom stereocenters.